The second-order valence-corrected chi connectivity index (χ2v) is 14.7. The number of aliphatic carboxylic acids is 1. The lowest BCUT2D eigenvalue weighted by atomic mass is 9.33. The molecule has 4 saturated carbocycles. The van der Waals surface area contributed by atoms with E-state index in [-0.39, 0.29) is 40.6 Å². The Kier molecular flexibility index (Phi) is 5.77. The summed E-state index contributed by atoms with van der Waals surface area (Å²) in [6, 6.07) is 0. The summed E-state index contributed by atoms with van der Waals surface area (Å²) in [6.07, 6.45) is 6.20. The zero-order valence-electron chi connectivity index (χ0n) is 23.0. The normalized spacial score (nSPS) is 58.6. The van der Waals surface area contributed by atoms with Gasteiger partial charge in [-0.15, -0.1) is 0 Å². The van der Waals surface area contributed by atoms with Crippen molar-refractivity contribution in [2.45, 2.75) is 111 Å². The number of hydrogen-bond donors (Lipinski definition) is 5. The van der Waals surface area contributed by atoms with Gasteiger partial charge in [0.25, 0.3) is 0 Å². The van der Waals surface area contributed by atoms with Crippen molar-refractivity contribution < 1.29 is 30.3 Å². The monoisotopic (exact) mass is 504 g/mol. The first-order chi connectivity index (χ1) is 16.6. The van der Waals surface area contributed by atoms with E-state index in [0.29, 0.717) is 19.3 Å². The van der Waals surface area contributed by atoms with E-state index >= 15 is 0 Å². The largest absolute Gasteiger partial charge is 0.481 e. The molecule has 0 spiro atoms. The van der Waals surface area contributed by atoms with Crippen molar-refractivity contribution in [3.8, 4) is 0 Å². The summed E-state index contributed by atoms with van der Waals surface area (Å²) >= 11 is 0. The van der Waals surface area contributed by atoms with Crippen LogP contribution in [0.4, 0.5) is 0 Å². The number of allylic oxidation sites excluding steroid dienone is 1. The third-order valence-electron chi connectivity index (χ3n) is 13.6. The number of carboxylic acid groups (broad SMARTS) is 1. The molecule has 12 atom stereocenters. The van der Waals surface area contributed by atoms with Crippen LogP contribution in [0.2, 0.25) is 0 Å². The van der Waals surface area contributed by atoms with Gasteiger partial charge in [0.05, 0.1) is 29.8 Å². The Morgan fingerprint density at radius 3 is 2.28 bits per heavy atom. The fraction of sp³-hybridized carbons (Fsp3) is 0.900. The lowest BCUT2D eigenvalue weighted by Crippen LogP contribution is -2.69. The molecule has 6 heteroatoms. The molecule has 0 bridgehead atoms. The quantitative estimate of drug-likeness (QED) is 0.361. The Labute approximate surface area is 216 Å². The highest BCUT2D eigenvalue weighted by Crippen LogP contribution is 2.76. The molecule has 36 heavy (non-hydrogen) atoms. The van der Waals surface area contributed by atoms with E-state index < -0.39 is 40.5 Å². The zero-order valence-corrected chi connectivity index (χ0v) is 23.0. The lowest BCUT2D eigenvalue weighted by Gasteiger charge is -2.72. The average Bonchev–Trinajstić information content (AvgIpc) is 2.80. The standard InChI is InChI=1S/C30H48O6/c1-17-9-12-30(24(34)35)14-13-27(4)18(22(30)29(17,6)36)7-8-21-25(2)15-19(32)23(33)26(3,16-31)20(25)10-11-28(21,27)5/h7,17,19-23,31-33,36H,8-16H2,1-6H3,(H,34,35)/t17-,19+,20?,21-,22-,23+,25+,26?,27-,28-,29-,30+/m1/s1. The zero-order chi connectivity index (χ0) is 26.7. The molecule has 0 radical (unpaired) electrons. The number of aliphatic hydroxyl groups excluding tert-OH is 3. The van der Waals surface area contributed by atoms with Crippen LogP contribution in [0.15, 0.2) is 11.6 Å². The Morgan fingerprint density at radius 1 is 1.00 bits per heavy atom. The lowest BCUT2D eigenvalue weighted by molar-refractivity contribution is -0.247. The van der Waals surface area contributed by atoms with Crippen LogP contribution in [0.1, 0.15) is 92.9 Å². The van der Waals surface area contributed by atoms with Crippen molar-refractivity contribution in [3.05, 3.63) is 11.6 Å². The summed E-state index contributed by atoms with van der Waals surface area (Å²) in [4.78, 5) is 12.8. The highest BCUT2D eigenvalue weighted by molar-refractivity contribution is 5.77. The molecule has 5 N–H and O–H groups in total. The third kappa shape index (κ3) is 2.91. The van der Waals surface area contributed by atoms with Crippen LogP contribution in [-0.4, -0.2) is 55.9 Å². The molecule has 0 amide bonds. The molecule has 2 unspecified atom stereocenters. The van der Waals surface area contributed by atoms with Crippen LogP contribution in [0.25, 0.3) is 0 Å². The summed E-state index contributed by atoms with van der Waals surface area (Å²) in [5.74, 6) is -0.834. The summed E-state index contributed by atoms with van der Waals surface area (Å²) in [7, 11) is 0. The molecule has 0 aliphatic heterocycles. The van der Waals surface area contributed by atoms with E-state index in [9.17, 15) is 30.3 Å². The smallest absolute Gasteiger partial charge is 0.310 e. The number of carboxylic acids is 1. The van der Waals surface area contributed by atoms with E-state index in [0.717, 1.165) is 37.7 Å². The molecule has 6 nitrogen and oxygen atoms in total. The first-order valence-corrected chi connectivity index (χ1v) is 14.2. The van der Waals surface area contributed by atoms with Crippen molar-refractivity contribution in [1.29, 1.82) is 0 Å². The predicted molar refractivity (Wildman–Crippen MR) is 137 cm³/mol. The number of aliphatic hydroxyl groups is 4. The Morgan fingerprint density at radius 2 is 1.67 bits per heavy atom. The molecule has 0 aromatic heterocycles. The Hall–Kier alpha value is -0.950. The molecule has 0 heterocycles. The molecule has 5 aliphatic rings. The van der Waals surface area contributed by atoms with Gasteiger partial charge in [-0.3, -0.25) is 4.79 Å². The number of rotatable bonds is 2. The second kappa shape index (κ2) is 7.80. The molecule has 0 aromatic carbocycles. The minimum Gasteiger partial charge on any atom is -0.481 e. The third-order valence-corrected chi connectivity index (χ3v) is 13.6. The van der Waals surface area contributed by atoms with Gasteiger partial charge in [-0.05, 0) is 92.3 Å². The van der Waals surface area contributed by atoms with Crippen LogP contribution in [0.5, 0.6) is 0 Å². The maximum Gasteiger partial charge on any atom is 0.310 e. The van der Waals surface area contributed by atoms with Gasteiger partial charge in [-0.2, -0.15) is 0 Å². The van der Waals surface area contributed by atoms with Gasteiger partial charge in [0.15, 0.2) is 0 Å². The molecular weight excluding hydrogens is 456 g/mol. The molecule has 5 rings (SSSR count). The SMILES string of the molecule is C[C@@H]1CC[C@]2(C(=O)O)CC[C@]3(C)C(=CC[C@@H]4[C@@]5(C)C[C@H](O)[C@H](O)C(C)(CO)C5CC[C@]43C)[C@@H]2[C@]1(C)O. The van der Waals surface area contributed by atoms with Crippen LogP contribution < -0.4 is 0 Å². The Bertz CT molecular complexity index is 974. The maximum atomic E-state index is 12.8. The molecule has 5 aliphatic carbocycles. The van der Waals surface area contributed by atoms with E-state index in [4.69, 9.17) is 0 Å². The minimum absolute atomic E-state index is 0.0252. The fourth-order valence-corrected chi connectivity index (χ4v) is 11.0. The van der Waals surface area contributed by atoms with Crippen molar-refractivity contribution in [2.24, 2.45) is 50.7 Å². The van der Waals surface area contributed by atoms with Crippen molar-refractivity contribution in [2.75, 3.05) is 6.61 Å². The second-order valence-electron chi connectivity index (χ2n) is 14.7. The van der Waals surface area contributed by atoms with Crippen LogP contribution in [0, 0.1) is 50.7 Å². The van der Waals surface area contributed by atoms with Crippen molar-refractivity contribution in [3.63, 3.8) is 0 Å². The average molecular weight is 505 g/mol. The van der Waals surface area contributed by atoms with Crippen LogP contribution in [-0.2, 0) is 4.79 Å². The van der Waals surface area contributed by atoms with Gasteiger partial charge in [-0.25, -0.2) is 0 Å². The van der Waals surface area contributed by atoms with Gasteiger partial charge < -0.3 is 25.5 Å². The molecule has 4 fully saturated rings. The molecular formula is C30H48O6. The highest BCUT2D eigenvalue weighted by Gasteiger charge is 2.72. The van der Waals surface area contributed by atoms with E-state index in [1.807, 2.05) is 13.8 Å². The van der Waals surface area contributed by atoms with Gasteiger partial charge >= 0.3 is 5.97 Å². The summed E-state index contributed by atoms with van der Waals surface area (Å²) in [5, 5.41) is 54.8. The fourth-order valence-electron chi connectivity index (χ4n) is 11.0. The Balaban J connectivity index is 1.65. The van der Waals surface area contributed by atoms with Gasteiger partial charge in [0.1, 0.15) is 0 Å². The van der Waals surface area contributed by atoms with E-state index in [1.165, 1.54) is 0 Å². The van der Waals surface area contributed by atoms with Crippen LogP contribution in [0.3, 0.4) is 0 Å². The summed E-state index contributed by atoms with van der Waals surface area (Å²) < 4.78 is 0. The first-order valence-electron chi connectivity index (χ1n) is 14.2. The van der Waals surface area contributed by atoms with Crippen molar-refractivity contribution >= 4 is 5.97 Å². The number of fused-ring (bicyclic) bond motifs is 7. The number of carbonyl (C=O) groups is 1. The highest BCUT2D eigenvalue weighted by atomic mass is 16.4. The topological polar surface area (TPSA) is 118 Å². The first kappa shape index (κ1) is 26.6. The maximum absolute atomic E-state index is 12.8. The molecule has 0 aromatic rings. The summed E-state index contributed by atoms with van der Waals surface area (Å²) in [6.45, 7) is 12.6. The molecule has 204 valence electrons. The van der Waals surface area contributed by atoms with E-state index in [1.54, 1.807) is 0 Å². The van der Waals surface area contributed by atoms with E-state index in [2.05, 4.69) is 33.8 Å². The van der Waals surface area contributed by atoms with Gasteiger partial charge in [-0.1, -0.05) is 46.3 Å². The minimum atomic E-state index is -1.09. The van der Waals surface area contributed by atoms with Crippen LogP contribution >= 0.6 is 0 Å². The van der Waals surface area contributed by atoms with Gasteiger partial charge in [0.2, 0.25) is 0 Å². The summed E-state index contributed by atoms with van der Waals surface area (Å²) in [5.41, 5.74) is -2.28. The predicted octanol–water partition coefficient (Wildman–Crippen LogP) is 4.15. The van der Waals surface area contributed by atoms with Crippen molar-refractivity contribution in [1.82, 2.24) is 0 Å². The number of hydrogen-bond acceptors (Lipinski definition) is 5. The molecule has 0 saturated heterocycles. The van der Waals surface area contributed by atoms with Gasteiger partial charge in [0, 0.05) is 11.3 Å².